The normalized spacial score (nSPS) is 54.5. The molecule has 1 N–H and O–H groups in total. The largest absolute Gasteiger partial charge is 0.458 e. The van der Waals surface area contributed by atoms with Crippen LogP contribution >= 0.6 is 0 Å². The lowest BCUT2D eigenvalue weighted by atomic mass is 9.33. The maximum Gasteiger partial charge on any atom is 0.344 e. The maximum absolute atomic E-state index is 13.6. The number of allylic oxidation sites excluding steroid dienone is 2. The van der Waals surface area contributed by atoms with E-state index in [9.17, 15) is 19.5 Å². The molecule has 0 aromatic carbocycles. The van der Waals surface area contributed by atoms with E-state index in [-0.39, 0.29) is 17.6 Å². The third-order valence-electron chi connectivity index (χ3n) is 10.2. The number of hydrogen-bond donors (Lipinski definition) is 1. The van der Waals surface area contributed by atoms with Crippen LogP contribution in [0.25, 0.3) is 0 Å². The first-order chi connectivity index (χ1) is 14.1. The van der Waals surface area contributed by atoms with Gasteiger partial charge in [0.1, 0.15) is 17.1 Å². The summed E-state index contributed by atoms with van der Waals surface area (Å²) in [6, 6.07) is 0. The predicted molar refractivity (Wildman–Crippen MR) is 112 cm³/mol. The quantitative estimate of drug-likeness (QED) is 0.471. The molecule has 8 unspecified atom stereocenters. The van der Waals surface area contributed by atoms with Gasteiger partial charge in [-0.1, -0.05) is 40.3 Å². The highest BCUT2D eigenvalue weighted by Gasteiger charge is 2.86. The zero-order valence-electron chi connectivity index (χ0n) is 19.2. The molecule has 2 heterocycles. The fourth-order valence-corrected chi connectivity index (χ4v) is 8.54. The molecule has 31 heavy (non-hydrogen) atoms. The molecule has 4 fully saturated rings. The second kappa shape index (κ2) is 5.33. The zero-order chi connectivity index (χ0) is 23.0. The second-order valence-electron chi connectivity index (χ2n) is 11.7. The van der Waals surface area contributed by atoms with Gasteiger partial charge in [-0.05, 0) is 67.4 Å². The van der Waals surface area contributed by atoms with Gasteiger partial charge in [-0.25, -0.2) is 4.79 Å². The van der Waals surface area contributed by atoms with Crippen molar-refractivity contribution in [3.8, 4) is 0 Å². The van der Waals surface area contributed by atoms with E-state index in [0.29, 0.717) is 24.8 Å². The van der Waals surface area contributed by atoms with Crippen molar-refractivity contribution in [1.29, 1.82) is 0 Å². The molecule has 6 nitrogen and oxygen atoms in total. The van der Waals surface area contributed by atoms with Gasteiger partial charge < -0.3 is 14.6 Å². The number of cyclic esters (lactones) is 1. The van der Waals surface area contributed by atoms with E-state index in [1.807, 2.05) is 26.8 Å². The van der Waals surface area contributed by atoms with Crippen molar-refractivity contribution in [2.24, 2.45) is 33.5 Å². The van der Waals surface area contributed by atoms with Crippen LogP contribution < -0.4 is 0 Å². The summed E-state index contributed by atoms with van der Waals surface area (Å²) in [7, 11) is 0. The van der Waals surface area contributed by atoms with Gasteiger partial charge in [0, 0.05) is 5.41 Å². The Balaban J connectivity index is 1.81. The van der Waals surface area contributed by atoms with E-state index >= 15 is 0 Å². The Bertz CT molecular complexity index is 994. The predicted octanol–water partition coefficient (Wildman–Crippen LogP) is 3.13. The van der Waals surface area contributed by atoms with E-state index in [0.717, 1.165) is 0 Å². The van der Waals surface area contributed by atoms with Crippen LogP contribution in [0.2, 0.25) is 0 Å². The lowest BCUT2D eigenvalue weighted by Gasteiger charge is -2.71. The highest BCUT2D eigenvalue weighted by atomic mass is 16.6. The maximum atomic E-state index is 13.6. The molecule has 2 aliphatic heterocycles. The van der Waals surface area contributed by atoms with Gasteiger partial charge in [0.15, 0.2) is 5.78 Å². The molecule has 0 radical (unpaired) electrons. The number of carbonyl (C=O) groups is 3. The van der Waals surface area contributed by atoms with Crippen LogP contribution in [0.1, 0.15) is 60.8 Å². The van der Waals surface area contributed by atoms with Gasteiger partial charge in [-0.15, -0.1) is 0 Å². The van der Waals surface area contributed by atoms with Crippen molar-refractivity contribution in [3.63, 3.8) is 0 Å². The highest BCUT2D eigenvalue weighted by molar-refractivity contribution is 6.00. The summed E-state index contributed by atoms with van der Waals surface area (Å²) < 4.78 is 11.5. The second-order valence-corrected chi connectivity index (χ2v) is 11.7. The molecule has 3 aliphatic carbocycles. The minimum Gasteiger partial charge on any atom is -0.458 e. The average Bonchev–Trinajstić information content (AvgIpc) is 2.87. The number of hydrogen-bond acceptors (Lipinski definition) is 6. The Hall–Kier alpha value is -1.95. The molecule has 6 heteroatoms. The zero-order valence-corrected chi connectivity index (χ0v) is 19.2. The molecular formula is C25H32O6. The smallest absolute Gasteiger partial charge is 0.344 e. The molecule has 0 amide bonds. The highest BCUT2D eigenvalue weighted by Crippen LogP contribution is 2.77. The van der Waals surface area contributed by atoms with Crippen LogP contribution in [0.15, 0.2) is 24.3 Å². The molecule has 5 aliphatic rings. The third kappa shape index (κ3) is 1.83. The van der Waals surface area contributed by atoms with Gasteiger partial charge in [0.25, 0.3) is 0 Å². The Morgan fingerprint density at radius 1 is 1.06 bits per heavy atom. The van der Waals surface area contributed by atoms with Gasteiger partial charge in [0.2, 0.25) is 5.60 Å². The first kappa shape index (κ1) is 20.9. The summed E-state index contributed by atoms with van der Waals surface area (Å²) in [5.41, 5.74) is -6.11. The Kier molecular flexibility index (Phi) is 3.60. The van der Waals surface area contributed by atoms with Crippen molar-refractivity contribution in [3.05, 3.63) is 24.3 Å². The number of ether oxygens (including phenoxy) is 2. The SMILES string of the molecule is C=C1C2(C)CC3C4(C)C=CC(=O)C(C)(C)C4CCC3(C)C13C(=O)OC(C)C3(O)C(=O)O2. The summed E-state index contributed by atoms with van der Waals surface area (Å²) in [4.78, 5) is 39.6. The van der Waals surface area contributed by atoms with E-state index < -0.39 is 50.9 Å². The Labute approximate surface area is 183 Å². The van der Waals surface area contributed by atoms with Gasteiger partial charge in [-0.3, -0.25) is 9.59 Å². The number of fused-ring (bicyclic) bond motifs is 4. The average molecular weight is 429 g/mol. The number of carbonyl (C=O) groups excluding carboxylic acids is 3. The number of ketones is 1. The van der Waals surface area contributed by atoms with Gasteiger partial charge in [-0.2, -0.15) is 0 Å². The van der Waals surface area contributed by atoms with Gasteiger partial charge >= 0.3 is 11.9 Å². The summed E-state index contributed by atoms with van der Waals surface area (Å²) in [6.45, 7) is 15.7. The molecule has 8 atom stereocenters. The number of rotatable bonds is 0. The standard InChI is InChI=1S/C25H32O6/c1-13-23(7)12-16-21(5)10-9-17(26)20(3,4)15(21)8-11-22(16,6)24(13)18(27)30-14(2)25(24,29)19(28)31-23/h9-10,14-16,29H,1,8,11-12H2,2-7H3. The lowest BCUT2D eigenvalue weighted by Crippen LogP contribution is -2.78. The van der Waals surface area contributed by atoms with Crippen LogP contribution in [0.3, 0.4) is 0 Å². The molecule has 168 valence electrons. The molecule has 2 bridgehead atoms. The van der Waals surface area contributed by atoms with Crippen molar-refractivity contribution in [2.45, 2.75) is 78.1 Å². The van der Waals surface area contributed by atoms with Crippen molar-refractivity contribution >= 4 is 17.7 Å². The molecule has 2 saturated carbocycles. The topological polar surface area (TPSA) is 89.9 Å². The Morgan fingerprint density at radius 2 is 1.71 bits per heavy atom. The summed E-state index contributed by atoms with van der Waals surface area (Å²) >= 11 is 0. The molecule has 5 rings (SSSR count). The minimum absolute atomic E-state index is 0.0707. The van der Waals surface area contributed by atoms with Crippen molar-refractivity contribution in [2.75, 3.05) is 0 Å². The Morgan fingerprint density at radius 3 is 2.35 bits per heavy atom. The molecule has 1 spiro atoms. The molecule has 0 aromatic rings. The van der Waals surface area contributed by atoms with E-state index in [1.54, 1.807) is 19.9 Å². The van der Waals surface area contributed by atoms with E-state index in [2.05, 4.69) is 13.5 Å². The van der Waals surface area contributed by atoms with Crippen LogP contribution in [0, 0.1) is 33.5 Å². The summed E-state index contributed by atoms with van der Waals surface area (Å²) in [5, 5.41) is 11.9. The summed E-state index contributed by atoms with van der Waals surface area (Å²) in [5.74, 6) is -1.33. The lowest BCUT2D eigenvalue weighted by molar-refractivity contribution is -0.263. The number of esters is 2. The van der Waals surface area contributed by atoms with Gasteiger partial charge in [0.05, 0.1) is 0 Å². The fraction of sp³-hybridized carbons (Fsp3) is 0.720. The molecule has 2 saturated heterocycles. The van der Waals surface area contributed by atoms with E-state index in [4.69, 9.17) is 9.47 Å². The molecule has 0 aromatic heterocycles. The van der Waals surface area contributed by atoms with Crippen molar-refractivity contribution < 1.29 is 29.0 Å². The monoisotopic (exact) mass is 428 g/mol. The first-order valence-corrected chi connectivity index (χ1v) is 11.2. The summed E-state index contributed by atoms with van der Waals surface area (Å²) in [6.07, 6.45) is 4.40. The van der Waals surface area contributed by atoms with Crippen molar-refractivity contribution in [1.82, 2.24) is 0 Å². The van der Waals surface area contributed by atoms with E-state index in [1.165, 1.54) is 0 Å². The van der Waals surface area contributed by atoms with Crippen LogP contribution in [-0.4, -0.2) is 40.1 Å². The minimum atomic E-state index is -2.12. The van der Waals surface area contributed by atoms with Crippen LogP contribution in [0.5, 0.6) is 0 Å². The first-order valence-electron chi connectivity index (χ1n) is 11.2. The van der Waals surface area contributed by atoms with Crippen LogP contribution in [0.4, 0.5) is 0 Å². The third-order valence-corrected chi connectivity index (χ3v) is 10.2. The number of aliphatic hydroxyl groups is 1. The van der Waals surface area contributed by atoms with Crippen LogP contribution in [-0.2, 0) is 23.9 Å². The fourth-order valence-electron chi connectivity index (χ4n) is 8.54. The molecular weight excluding hydrogens is 396 g/mol.